The Morgan fingerprint density at radius 3 is 2.59 bits per heavy atom. The third kappa shape index (κ3) is 4.56. The number of anilines is 1. The van der Waals surface area contributed by atoms with Gasteiger partial charge in [-0.05, 0) is 23.8 Å². The van der Waals surface area contributed by atoms with Crippen LogP contribution >= 0.6 is 22.9 Å². The van der Waals surface area contributed by atoms with Gasteiger partial charge in [0.1, 0.15) is 0 Å². The predicted molar refractivity (Wildman–Crippen MR) is 113 cm³/mol. The Morgan fingerprint density at radius 2 is 1.85 bits per heavy atom. The first-order valence-corrected chi connectivity index (χ1v) is 9.61. The number of nitrogens with zero attached hydrogens (tertiary/aromatic N) is 1. The van der Waals surface area contributed by atoms with Gasteiger partial charge in [-0.1, -0.05) is 48.0 Å². The lowest BCUT2D eigenvalue weighted by molar-refractivity contribution is -0.128. The van der Waals surface area contributed by atoms with Crippen molar-refractivity contribution in [3.63, 3.8) is 0 Å². The van der Waals surface area contributed by atoms with Gasteiger partial charge in [-0.25, -0.2) is 0 Å². The molecule has 27 heavy (non-hydrogen) atoms. The van der Waals surface area contributed by atoms with E-state index in [-0.39, 0.29) is 11.8 Å². The number of thiophene rings is 1. The summed E-state index contributed by atoms with van der Waals surface area (Å²) in [5.41, 5.74) is 1.56. The minimum atomic E-state index is -0.249. The summed E-state index contributed by atoms with van der Waals surface area (Å²) >= 11 is 7.95. The van der Waals surface area contributed by atoms with Crippen LogP contribution in [0.25, 0.3) is 16.2 Å². The smallest absolute Gasteiger partial charge is 0.248 e. The van der Waals surface area contributed by atoms with Gasteiger partial charge in [0.25, 0.3) is 0 Å². The molecule has 0 radical (unpaired) electrons. The number of carbonyl (C=O) groups is 2. The van der Waals surface area contributed by atoms with Crippen LogP contribution in [0.15, 0.2) is 54.6 Å². The molecule has 0 saturated carbocycles. The van der Waals surface area contributed by atoms with Crippen molar-refractivity contribution < 1.29 is 9.59 Å². The summed E-state index contributed by atoms with van der Waals surface area (Å²) in [5, 5.41) is 4.52. The summed E-state index contributed by atoms with van der Waals surface area (Å²) in [6.07, 6.45) is 3.20. The fourth-order valence-electron chi connectivity index (χ4n) is 2.61. The molecule has 0 aliphatic carbocycles. The van der Waals surface area contributed by atoms with E-state index in [0.717, 1.165) is 20.5 Å². The quantitative estimate of drug-likeness (QED) is 0.601. The standard InChI is InChI=1S/C21H19ClN2O2S/c1-14(25)24(2)13-15-7-3-5-9-17(15)23-20(26)12-11-19-21(22)16-8-4-6-10-18(16)27-19/h3-12H,13H2,1-2H3,(H,23,26)/b12-11+. The van der Waals surface area contributed by atoms with E-state index in [1.165, 1.54) is 13.0 Å². The first-order valence-electron chi connectivity index (χ1n) is 8.41. The van der Waals surface area contributed by atoms with Crippen molar-refractivity contribution in [1.29, 1.82) is 0 Å². The van der Waals surface area contributed by atoms with Crippen LogP contribution in [0, 0.1) is 0 Å². The van der Waals surface area contributed by atoms with Crippen LogP contribution in [0.3, 0.4) is 0 Å². The molecule has 4 nitrogen and oxygen atoms in total. The maximum absolute atomic E-state index is 12.4. The van der Waals surface area contributed by atoms with Crippen LogP contribution in [-0.4, -0.2) is 23.8 Å². The monoisotopic (exact) mass is 398 g/mol. The van der Waals surface area contributed by atoms with Crippen molar-refractivity contribution in [1.82, 2.24) is 4.90 Å². The Balaban J connectivity index is 1.75. The number of rotatable bonds is 5. The highest BCUT2D eigenvalue weighted by atomic mass is 35.5. The van der Waals surface area contributed by atoms with Crippen LogP contribution in [0.2, 0.25) is 5.02 Å². The highest BCUT2D eigenvalue weighted by Gasteiger charge is 2.10. The first kappa shape index (κ1) is 19.1. The number of para-hydroxylation sites is 1. The number of benzene rings is 2. The van der Waals surface area contributed by atoms with Gasteiger partial charge in [0.15, 0.2) is 0 Å². The largest absolute Gasteiger partial charge is 0.342 e. The van der Waals surface area contributed by atoms with Crippen molar-refractivity contribution in [3.05, 3.63) is 70.1 Å². The summed E-state index contributed by atoms with van der Waals surface area (Å²) in [4.78, 5) is 26.3. The lowest BCUT2D eigenvalue weighted by Gasteiger charge is -2.17. The average molecular weight is 399 g/mol. The Bertz CT molecular complexity index is 1030. The highest BCUT2D eigenvalue weighted by Crippen LogP contribution is 2.35. The summed E-state index contributed by atoms with van der Waals surface area (Å²) in [6.45, 7) is 1.94. The lowest BCUT2D eigenvalue weighted by atomic mass is 10.1. The number of nitrogens with one attached hydrogen (secondary N) is 1. The molecule has 3 aromatic rings. The van der Waals surface area contributed by atoms with E-state index in [2.05, 4.69) is 5.32 Å². The van der Waals surface area contributed by atoms with Crippen molar-refractivity contribution in [2.45, 2.75) is 13.5 Å². The zero-order valence-electron chi connectivity index (χ0n) is 15.0. The molecule has 2 amide bonds. The third-order valence-electron chi connectivity index (χ3n) is 4.17. The molecule has 0 fully saturated rings. The van der Waals surface area contributed by atoms with E-state index in [4.69, 9.17) is 11.6 Å². The third-order valence-corrected chi connectivity index (χ3v) is 5.82. The van der Waals surface area contributed by atoms with Crippen LogP contribution in [0.1, 0.15) is 17.4 Å². The fraction of sp³-hybridized carbons (Fsp3) is 0.143. The molecule has 0 aliphatic heterocycles. The topological polar surface area (TPSA) is 49.4 Å². The molecule has 1 N–H and O–H groups in total. The second-order valence-corrected chi connectivity index (χ2v) is 7.59. The molecule has 1 heterocycles. The number of fused-ring (bicyclic) bond motifs is 1. The fourth-order valence-corrected chi connectivity index (χ4v) is 4.01. The summed E-state index contributed by atoms with van der Waals surface area (Å²) < 4.78 is 1.08. The minimum absolute atomic E-state index is 0.0320. The van der Waals surface area contributed by atoms with E-state index in [9.17, 15) is 9.59 Å². The molecule has 0 spiro atoms. The second-order valence-electron chi connectivity index (χ2n) is 6.13. The van der Waals surface area contributed by atoms with Gasteiger partial charge < -0.3 is 10.2 Å². The summed E-state index contributed by atoms with van der Waals surface area (Å²) in [5.74, 6) is -0.281. The van der Waals surface area contributed by atoms with Gasteiger partial charge in [0.2, 0.25) is 11.8 Å². The van der Waals surface area contributed by atoms with Gasteiger partial charge >= 0.3 is 0 Å². The minimum Gasteiger partial charge on any atom is -0.342 e. The van der Waals surface area contributed by atoms with Gasteiger partial charge in [-0.2, -0.15) is 0 Å². The molecule has 0 unspecified atom stereocenters. The van der Waals surface area contributed by atoms with Gasteiger partial charge in [0.05, 0.1) is 5.02 Å². The van der Waals surface area contributed by atoms with Crippen LogP contribution < -0.4 is 5.32 Å². The van der Waals surface area contributed by atoms with E-state index >= 15 is 0 Å². The second kappa shape index (κ2) is 8.37. The maximum Gasteiger partial charge on any atom is 0.248 e. The van der Waals surface area contributed by atoms with E-state index in [1.807, 2.05) is 48.5 Å². The molecule has 6 heteroatoms. The molecule has 0 saturated heterocycles. The highest BCUT2D eigenvalue weighted by molar-refractivity contribution is 7.20. The Kier molecular flexibility index (Phi) is 5.94. The molecular weight excluding hydrogens is 380 g/mol. The number of amides is 2. The normalized spacial score (nSPS) is 11.1. The van der Waals surface area contributed by atoms with Crippen molar-refractivity contribution in [2.75, 3.05) is 12.4 Å². The van der Waals surface area contributed by atoms with Gasteiger partial charge in [-0.15, -0.1) is 11.3 Å². The number of carbonyl (C=O) groups excluding carboxylic acids is 2. The van der Waals surface area contributed by atoms with Crippen LogP contribution in [0.5, 0.6) is 0 Å². The maximum atomic E-state index is 12.4. The molecule has 2 aromatic carbocycles. The SMILES string of the molecule is CC(=O)N(C)Cc1ccccc1NC(=O)/C=C/c1sc2ccccc2c1Cl. The number of hydrogen-bond acceptors (Lipinski definition) is 3. The zero-order chi connectivity index (χ0) is 19.4. The molecule has 138 valence electrons. The Hall–Kier alpha value is -2.63. The Labute approximate surface area is 167 Å². The number of halogens is 1. The van der Waals surface area contributed by atoms with E-state index < -0.39 is 0 Å². The molecular formula is C21H19ClN2O2S. The average Bonchev–Trinajstić information content (AvgIpc) is 2.98. The molecule has 1 aromatic heterocycles. The van der Waals surface area contributed by atoms with Gasteiger partial charge in [0, 0.05) is 47.2 Å². The molecule has 0 atom stereocenters. The predicted octanol–water partition coefficient (Wildman–Crippen LogP) is 5.18. The first-order chi connectivity index (χ1) is 13.0. The van der Waals surface area contributed by atoms with E-state index in [1.54, 1.807) is 29.4 Å². The van der Waals surface area contributed by atoms with Crippen molar-refractivity contribution in [2.24, 2.45) is 0 Å². The molecule has 0 aliphatic rings. The molecule has 0 bridgehead atoms. The number of hydrogen-bond donors (Lipinski definition) is 1. The Morgan fingerprint density at radius 1 is 1.15 bits per heavy atom. The van der Waals surface area contributed by atoms with Crippen molar-refractivity contribution >= 4 is 56.6 Å². The van der Waals surface area contributed by atoms with Crippen LogP contribution in [0.4, 0.5) is 5.69 Å². The molecule has 3 rings (SSSR count). The van der Waals surface area contributed by atoms with Gasteiger partial charge in [-0.3, -0.25) is 9.59 Å². The zero-order valence-corrected chi connectivity index (χ0v) is 16.6. The van der Waals surface area contributed by atoms with Crippen molar-refractivity contribution in [3.8, 4) is 0 Å². The lowest BCUT2D eigenvalue weighted by Crippen LogP contribution is -2.24. The summed E-state index contributed by atoms with van der Waals surface area (Å²) in [7, 11) is 1.73. The van der Waals surface area contributed by atoms with E-state index in [0.29, 0.717) is 17.3 Å². The summed E-state index contributed by atoms with van der Waals surface area (Å²) in [6, 6.07) is 15.3. The van der Waals surface area contributed by atoms with Crippen LogP contribution in [-0.2, 0) is 16.1 Å².